The quantitative estimate of drug-likeness (QED) is 0.792. The highest BCUT2D eigenvalue weighted by atomic mass is 16.5. The lowest BCUT2D eigenvalue weighted by Crippen LogP contribution is -2.52. The van der Waals surface area contributed by atoms with Crippen LogP contribution in [-0.4, -0.2) is 53.0 Å². The summed E-state index contributed by atoms with van der Waals surface area (Å²) in [6, 6.07) is 0.137. The van der Waals surface area contributed by atoms with Crippen molar-refractivity contribution >= 4 is 6.03 Å². The van der Waals surface area contributed by atoms with E-state index < -0.39 is 6.10 Å². The van der Waals surface area contributed by atoms with Gasteiger partial charge < -0.3 is 20.1 Å². The molecule has 2 fully saturated rings. The lowest BCUT2D eigenvalue weighted by atomic mass is 9.96. The molecule has 2 saturated heterocycles. The number of aliphatic hydroxyl groups is 1. The molecule has 2 aliphatic rings. The molecule has 4 unspecified atom stereocenters. The molecule has 0 spiro atoms. The summed E-state index contributed by atoms with van der Waals surface area (Å²) in [4.78, 5) is 13.9. The van der Waals surface area contributed by atoms with E-state index in [0.717, 1.165) is 19.3 Å². The first-order chi connectivity index (χ1) is 8.47. The third-order valence-corrected chi connectivity index (χ3v) is 3.76. The molecule has 2 heterocycles. The second kappa shape index (κ2) is 5.45. The summed E-state index contributed by atoms with van der Waals surface area (Å²) in [6.07, 6.45) is 3.13. The van der Waals surface area contributed by atoms with Gasteiger partial charge in [0.05, 0.1) is 24.4 Å². The Kier molecular flexibility index (Phi) is 4.12. The van der Waals surface area contributed by atoms with E-state index >= 15 is 0 Å². The number of urea groups is 1. The standard InChI is InChI=1S/C13H24N2O3/c1-8(2)15(7-9(3)16)13(17)14-11-6-10-4-5-12(11)18-10/h8-12,16H,4-7H2,1-3H3,(H,14,17). The van der Waals surface area contributed by atoms with E-state index in [1.807, 2.05) is 13.8 Å². The first-order valence-electron chi connectivity index (χ1n) is 6.88. The molecule has 18 heavy (non-hydrogen) atoms. The van der Waals surface area contributed by atoms with Crippen LogP contribution in [-0.2, 0) is 4.74 Å². The van der Waals surface area contributed by atoms with Gasteiger partial charge in [-0.25, -0.2) is 4.79 Å². The number of hydrogen-bond acceptors (Lipinski definition) is 3. The van der Waals surface area contributed by atoms with Crippen molar-refractivity contribution in [1.82, 2.24) is 10.2 Å². The maximum Gasteiger partial charge on any atom is 0.318 e. The first-order valence-corrected chi connectivity index (χ1v) is 6.88. The van der Waals surface area contributed by atoms with Crippen molar-refractivity contribution < 1.29 is 14.6 Å². The van der Waals surface area contributed by atoms with Gasteiger partial charge in [0.1, 0.15) is 0 Å². The number of aliphatic hydroxyl groups excluding tert-OH is 1. The topological polar surface area (TPSA) is 61.8 Å². The zero-order valence-electron chi connectivity index (χ0n) is 11.4. The number of hydrogen-bond donors (Lipinski definition) is 2. The van der Waals surface area contributed by atoms with Crippen LogP contribution in [0.25, 0.3) is 0 Å². The molecule has 0 saturated carbocycles. The van der Waals surface area contributed by atoms with Gasteiger partial charge >= 0.3 is 6.03 Å². The summed E-state index contributed by atoms with van der Waals surface area (Å²) in [5, 5.41) is 12.5. The minimum absolute atomic E-state index is 0.0825. The zero-order valence-corrected chi connectivity index (χ0v) is 11.4. The third-order valence-electron chi connectivity index (χ3n) is 3.76. The summed E-state index contributed by atoms with van der Waals surface area (Å²) in [5.74, 6) is 0. The van der Waals surface area contributed by atoms with Gasteiger partial charge in [-0.15, -0.1) is 0 Å². The highest BCUT2D eigenvalue weighted by Gasteiger charge is 2.41. The van der Waals surface area contributed by atoms with Crippen molar-refractivity contribution in [2.45, 2.75) is 70.4 Å². The predicted octanol–water partition coefficient (Wildman–Crippen LogP) is 1.11. The van der Waals surface area contributed by atoms with Crippen molar-refractivity contribution in [3.63, 3.8) is 0 Å². The van der Waals surface area contributed by atoms with Crippen molar-refractivity contribution in [1.29, 1.82) is 0 Å². The van der Waals surface area contributed by atoms with Crippen molar-refractivity contribution in [3.8, 4) is 0 Å². The Bertz CT molecular complexity index is 307. The van der Waals surface area contributed by atoms with Gasteiger partial charge in [0.2, 0.25) is 0 Å². The molecular formula is C13H24N2O3. The van der Waals surface area contributed by atoms with Gasteiger partial charge in [-0.3, -0.25) is 0 Å². The van der Waals surface area contributed by atoms with E-state index in [-0.39, 0.29) is 24.2 Å². The molecule has 2 rings (SSSR count). The Morgan fingerprint density at radius 1 is 1.44 bits per heavy atom. The highest BCUT2D eigenvalue weighted by molar-refractivity contribution is 5.75. The third kappa shape index (κ3) is 2.95. The number of ether oxygens (including phenoxy) is 1. The Balaban J connectivity index is 1.89. The van der Waals surface area contributed by atoms with Crippen LogP contribution in [0.2, 0.25) is 0 Å². The molecule has 0 aromatic rings. The lowest BCUT2D eigenvalue weighted by molar-refractivity contribution is 0.0933. The summed E-state index contributed by atoms with van der Waals surface area (Å²) in [7, 11) is 0. The first kappa shape index (κ1) is 13.6. The number of rotatable bonds is 4. The lowest BCUT2D eigenvalue weighted by Gasteiger charge is -2.30. The van der Waals surface area contributed by atoms with Crippen LogP contribution in [0.5, 0.6) is 0 Å². The average molecular weight is 256 g/mol. The van der Waals surface area contributed by atoms with Gasteiger partial charge in [0.15, 0.2) is 0 Å². The second-order valence-corrected chi connectivity index (χ2v) is 5.76. The minimum Gasteiger partial charge on any atom is -0.392 e. The largest absolute Gasteiger partial charge is 0.392 e. The van der Waals surface area contributed by atoms with Crippen LogP contribution in [0.1, 0.15) is 40.0 Å². The van der Waals surface area contributed by atoms with E-state index in [0.29, 0.717) is 12.6 Å². The minimum atomic E-state index is -0.505. The predicted molar refractivity (Wildman–Crippen MR) is 68.4 cm³/mol. The molecule has 4 atom stereocenters. The molecule has 0 aromatic heterocycles. The molecule has 2 N–H and O–H groups in total. The van der Waals surface area contributed by atoms with E-state index in [1.54, 1.807) is 11.8 Å². The summed E-state index contributed by atoms with van der Waals surface area (Å²) >= 11 is 0. The Morgan fingerprint density at radius 2 is 2.17 bits per heavy atom. The smallest absolute Gasteiger partial charge is 0.318 e. The Morgan fingerprint density at radius 3 is 2.61 bits per heavy atom. The fourth-order valence-corrected chi connectivity index (χ4v) is 2.84. The van der Waals surface area contributed by atoms with Gasteiger partial charge in [-0.1, -0.05) is 0 Å². The monoisotopic (exact) mass is 256 g/mol. The normalized spacial score (nSPS) is 31.7. The summed E-state index contributed by atoms with van der Waals surface area (Å²) in [5.41, 5.74) is 0. The molecule has 0 radical (unpaired) electrons. The fraction of sp³-hybridized carbons (Fsp3) is 0.923. The average Bonchev–Trinajstić information content (AvgIpc) is 2.86. The van der Waals surface area contributed by atoms with Crippen molar-refractivity contribution in [3.05, 3.63) is 0 Å². The number of nitrogens with one attached hydrogen (secondary N) is 1. The van der Waals surface area contributed by atoms with Crippen LogP contribution in [0.3, 0.4) is 0 Å². The molecule has 5 heteroatoms. The molecule has 104 valence electrons. The maximum atomic E-state index is 12.2. The zero-order chi connectivity index (χ0) is 13.3. The number of carbonyl (C=O) groups is 1. The Labute approximate surface area is 108 Å². The highest BCUT2D eigenvalue weighted by Crippen LogP contribution is 2.34. The van der Waals surface area contributed by atoms with Gasteiger partial charge in [-0.05, 0) is 40.0 Å². The van der Waals surface area contributed by atoms with E-state index in [2.05, 4.69) is 5.32 Å². The van der Waals surface area contributed by atoms with E-state index in [4.69, 9.17) is 4.74 Å². The number of fused-ring (bicyclic) bond motifs is 2. The maximum absolute atomic E-state index is 12.2. The number of carbonyl (C=O) groups excluding carboxylic acids is 1. The number of amides is 2. The van der Waals surface area contributed by atoms with Gasteiger partial charge in [0.25, 0.3) is 0 Å². The van der Waals surface area contributed by atoms with Crippen LogP contribution in [0.15, 0.2) is 0 Å². The molecule has 0 aromatic carbocycles. The van der Waals surface area contributed by atoms with Crippen LogP contribution >= 0.6 is 0 Å². The van der Waals surface area contributed by atoms with Crippen LogP contribution < -0.4 is 5.32 Å². The van der Waals surface area contributed by atoms with Gasteiger partial charge in [0, 0.05) is 12.6 Å². The molecule has 2 bridgehead atoms. The van der Waals surface area contributed by atoms with Gasteiger partial charge in [-0.2, -0.15) is 0 Å². The van der Waals surface area contributed by atoms with Crippen LogP contribution in [0.4, 0.5) is 4.79 Å². The molecule has 0 aliphatic carbocycles. The Hall–Kier alpha value is -0.810. The summed E-state index contributed by atoms with van der Waals surface area (Å²) in [6.45, 7) is 5.98. The fourth-order valence-electron chi connectivity index (χ4n) is 2.84. The molecule has 5 nitrogen and oxygen atoms in total. The van der Waals surface area contributed by atoms with Crippen molar-refractivity contribution in [2.24, 2.45) is 0 Å². The van der Waals surface area contributed by atoms with E-state index in [1.165, 1.54) is 0 Å². The number of nitrogens with zero attached hydrogens (tertiary/aromatic N) is 1. The SMILES string of the molecule is CC(O)CN(C(=O)NC1CC2CCC1O2)C(C)C. The second-order valence-electron chi connectivity index (χ2n) is 5.76. The molecular weight excluding hydrogens is 232 g/mol. The van der Waals surface area contributed by atoms with E-state index in [9.17, 15) is 9.90 Å². The van der Waals surface area contributed by atoms with Crippen LogP contribution in [0, 0.1) is 0 Å². The molecule has 2 aliphatic heterocycles. The van der Waals surface area contributed by atoms with Crippen molar-refractivity contribution in [2.75, 3.05) is 6.54 Å². The summed E-state index contributed by atoms with van der Waals surface area (Å²) < 4.78 is 5.72. The molecule has 2 amide bonds.